The normalized spacial score (nSPS) is 17.8. The Morgan fingerprint density at radius 3 is 2.45 bits per heavy atom. The molecule has 2 aliphatic rings. The number of hydrogen-bond acceptors (Lipinski definition) is 5. The van der Waals surface area contributed by atoms with Crippen LogP contribution in [0.5, 0.6) is 0 Å². The van der Waals surface area contributed by atoms with Gasteiger partial charge in [-0.1, -0.05) is 50.2 Å². The molecular formula is C29H37N3O5S. The second kappa shape index (κ2) is 12.1. The number of sulfonamides is 1. The summed E-state index contributed by atoms with van der Waals surface area (Å²) in [5.41, 5.74) is 3.37. The van der Waals surface area contributed by atoms with Crippen LogP contribution in [-0.2, 0) is 20.6 Å². The van der Waals surface area contributed by atoms with Gasteiger partial charge < -0.3 is 15.7 Å². The van der Waals surface area contributed by atoms with E-state index in [1.54, 1.807) is 18.2 Å². The van der Waals surface area contributed by atoms with Crippen molar-refractivity contribution in [2.45, 2.75) is 70.2 Å². The van der Waals surface area contributed by atoms with Gasteiger partial charge in [-0.25, -0.2) is 13.1 Å². The van der Waals surface area contributed by atoms with Crippen LogP contribution >= 0.6 is 0 Å². The Kier molecular flexibility index (Phi) is 8.89. The zero-order valence-corrected chi connectivity index (χ0v) is 22.8. The average molecular weight is 540 g/mol. The smallest absolute Gasteiger partial charge is 0.252 e. The third-order valence-corrected chi connectivity index (χ3v) is 8.25. The number of aliphatic hydroxyl groups excluding tert-OH is 1. The van der Waals surface area contributed by atoms with Gasteiger partial charge in [0.25, 0.3) is 5.91 Å². The number of rotatable bonds is 12. The highest BCUT2D eigenvalue weighted by atomic mass is 32.2. The maximum atomic E-state index is 13.5. The summed E-state index contributed by atoms with van der Waals surface area (Å²) in [4.78, 5) is 24.9. The van der Waals surface area contributed by atoms with E-state index in [0.29, 0.717) is 41.9 Å². The highest BCUT2D eigenvalue weighted by molar-refractivity contribution is 7.88. The lowest BCUT2D eigenvalue weighted by Gasteiger charge is -2.21. The predicted molar refractivity (Wildman–Crippen MR) is 148 cm³/mol. The molecule has 1 saturated carbocycles. The molecular weight excluding hydrogens is 502 g/mol. The SMILES string of the molecule is CC(C)CC[C@H](NC(=O)c1ccc(CS(=O)(=O)NCC2CCC(=O)N2)cc1-c1ccccc1)C(O)=C1CC1. The van der Waals surface area contributed by atoms with Gasteiger partial charge in [-0.2, -0.15) is 0 Å². The Morgan fingerprint density at radius 2 is 1.82 bits per heavy atom. The van der Waals surface area contributed by atoms with Crippen LogP contribution in [0.25, 0.3) is 11.1 Å². The zero-order chi connectivity index (χ0) is 27.3. The fraction of sp³-hybridized carbons (Fsp3) is 0.448. The molecule has 1 aliphatic carbocycles. The number of benzene rings is 2. The van der Waals surface area contributed by atoms with E-state index < -0.39 is 16.1 Å². The van der Waals surface area contributed by atoms with Gasteiger partial charge in [-0.3, -0.25) is 9.59 Å². The molecule has 1 heterocycles. The Hall–Kier alpha value is -3.17. The number of allylic oxidation sites excluding steroid dienone is 1. The van der Waals surface area contributed by atoms with Crippen LogP contribution in [0.2, 0.25) is 0 Å². The van der Waals surface area contributed by atoms with Crippen molar-refractivity contribution in [2.75, 3.05) is 6.54 Å². The van der Waals surface area contributed by atoms with Crippen molar-refractivity contribution in [1.29, 1.82) is 0 Å². The van der Waals surface area contributed by atoms with E-state index in [2.05, 4.69) is 29.2 Å². The molecule has 2 fully saturated rings. The van der Waals surface area contributed by atoms with Gasteiger partial charge in [0, 0.05) is 24.6 Å². The first-order chi connectivity index (χ1) is 18.1. The number of nitrogens with one attached hydrogen (secondary N) is 3. The minimum absolute atomic E-state index is 0.0661. The van der Waals surface area contributed by atoms with Crippen molar-refractivity contribution in [3.63, 3.8) is 0 Å². The molecule has 2 amide bonds. The molecule has 204 valence electrons. The third kappa shape index (κ3) is 7.68. The molecule has 38 heavy (non-hydrogen) atoms. The van der Waals surface area contributed by atoms with Crippen LogP contribution in [0.15, 0.2) is 59.9 Å². The van der Waals surface area contributed by atoms with Crippen molar-refractivity contribution in [1.82, 2.24) is 15.4 Å². The van der Waals surface area contributed by atoms with Gasteiger partial charge in [-0.05, 0) is 72.4 Å². The zero-order valence-electron chi connectivity index (χ0n) is 22.0. The van der Waals surface area contributed by atoms with E-state index in [1.165, 1.54) is 0 Å². The monoisotopic (exact) mass is 539 g/mol. The lowest BCUT2D eigenvalue weighted by atomic mass is 9.96. The van der Waals surface area contributed by atoms with Crippen LogP contribution in [0, 0.1) is 5.92 Å². The van der Waals surface area contributed by atoms with Crippen LogP contribution < -0.4 is 15.4 Å². The second-order valence-electron chi connectivity index (χ2n) is 10.6. The van der Waals surface area contributed by atoms with Gasteiger partial charge in [0.2, 0.25) is 15.9 Å². The standard InChI is InChI=1S/C29H37N3O5S/c1-19(2)8-14-26(28(34)22-10-11-22)32-29(35)24-13-9-20(16-25(24)21-6-4-3-5-7-21)18-38(36,37)30-17-23-12-15-27(33)31-23/h3-7,9,13,16,19,23,26,30,34H,8,10-12,14-15,17-18H2,1-2H3,(H,31,33)(H,32,35)/t23?,26-/m0/s1. The Labute approximate surface area is 225 Å². The molecule has 1 unspecified atom stereocenters. The molecule has 2 aromatic rings. The third-order valence-electron chi connectivity index (χ3n) is 6.94. The molecule has 1 saturated heterocycles. The van der Waals surface area contributed by atoms with Crippen molar-refractivity contribution >= 4 is 21.8 Å². The van der Waals surface area contributed by atoms with E-state index in [-0.39, 0.29) is 35.9 Å². The highest BCUT2D eigenvalue weighted by Gasteiger charge is 2.27. The summed E-state index contributed by atoms with van der Waals surface area (Å²) in [6.45, 7) is 4.37. The molecule has 0 radical (unpaired) electrons. The van der Waals surface area contributed by atoms with E-state index in [1.807, 2.05) is 30.3 Å². The molecule has 0 aromatic heterocycles. The number of hydrogen-bond donors (Lipinski definition) is 4. The van der Waals surface area contributed by atoms with Crippen LogP contribution in [0.1, 0.15) is 68.3 Å². The molecule has 1 aliphatic heterocycles. The lowest BCUT2D eigenvalue weighted by Crippen LogP contribution is -2.38. The molecule has 0 bridgehead atoms. The van der Waals surface area contributed by atoms with Crippen molar-refractivity contribution in [2.24, 2.45) is 5.92 Å². The number of carbonyl (C=O) groups excluding carboxylic acids is 2. The van der Waals surface area contributed by atoms with Crippen LogP contribution in [0.4, 0.5) is 0 Å². The second-order valence-corrected chi connectivity index (χ2v) is 12.4. The van der Waals surface area contributed by atoms with Crippen molar-refractivity contribution in [3.05, 3.63) is 71.0 Å². The first-order valence-corrected chi connectivity index (χ1v) is 14.9. The van der Waals surface area contributed by atoms with E-state index in [4.69, 9.17) is 0 Å². The van der Waals surface area contributed by atoms with Crippen LogP contribution in [0.3, 0.4) is 0 Å². The molecule has 2 aromatic carbocycles. The first-order valence-electron chi connectivity index (χ1n) is 13.3. The summed E-state index contributed by atoms with van der Waals surface area (Å²) in [7, 11) is -3.66. The maximum absolute atomic E-state index is 13.5. The van der Waals surface area contributed by atoms with E-state index in [9.17, 15) is 23.1 Å². The van der Waals surface area contributed by atoms with Gasteiger partial charge in [-0.15, -0.1) is 0 Å². The summed E-state index contributed by atoms with van der Waals surface area (Å²) in [6, 6.07) is 13.8. The van der Waals surface area contributed by atoms with Gasteiger partial charge in [0.05, 0.1) is 11.8 Å². The average Bonchev–Trinajstić information content (AvgIpc) is 3.65. The molecule has 4 N–H and O–H groups in total. The predicted octanol–water partition coefficient (Wildman–Crippen LogP) is 4.19. The van der Waals surface area contributed by atoms with Gasteiger partial charge in [0.1, 0.15) is 5.76 Å². The lowest BCUT2D eigenvalue weighted by molar-refractivity contribution is -0.119. The van der Waals surface area contributed by atoms with E-state index >= 15 is 0 Å². The minimum atomic E-state index is -3.66. The Morgan fingerprint density at radius 1 is 1.08 bits per heavy atom. The fourth-order valence-corrected chi connectivity index (χ4v) is 5.82. The number of carbonyl (C=O) groups is 2. The molecule has 8 nitrogen and oxygen atoms in total. The Bertz CT molecular complexity index is 1300. The van der Waals surface area contributed by atoms with E-state index in [0.717, 1.165) is 30.4 Å². The fourth-order valence-electron chi connectivity index (χ4n) is 4.64. The minimum Gasteiger partial charge on any atom is -0.510 e. The highest BCUT2D eigenvalue weighted by Crippen LogP contribution is 2.33. The topological polar surface area (TPSA) is 125 Å². The van der Waals surface area contributed by atoms with Crippen molar-refractivity contribution in [3.8, 4) is 11.1 Å². The summed E-state index contributed by atoms with van der Waals surface area (Å²) in [5.74, 6) is 0.0800. The summed E-state index contributed by atoms with van der Waals surface area (Å²) >= 11 is 0. The van der Waals surface area contributed by atoms with Gasteiger partial charge in [0.15, 0.2) is 0 Å². The number of amides is 2. The maximum Gasteiger partial charge on any atom is 0.252 e. The summed E-state index contributed by atoms with van der Waals surface area (Å²) in [6.07, 6.45) is 4.24. The van der Waals surface area contributed by atoms with Gasteiger partial charge >= 0.3 is 0 Å². The Balaban J connectivity index is 1.55. The molecule has 4 rings (SSSR count). The summed E-state index contributed by atoms with van der Waals surface area (Å²) in [5, 5.41) is 16.5. The first kappa shape index (κ1) is 27.9. The largest absolute Gasteiger partial charge is 0.510 e. The van der Waals surface area contributed by atoms with Crippen LogP contribution in [-0.4, -0.2) is 44.0 Å². The quantitative estimate of drug-likeness (QED) is 0.301. The molecule has 9 heteroatoms. The number of aliphatic hydroxyl groups is 1. The molecule has 0 spiro atoms. The van der Waals surface area contributed by atoms with Crippen molar-refractivity contribution < 1.29 is 23.1 Å². The summed E-state index contributed by atoms with van der Waals surface area (Å²) < 4.78 is 28.2. The molecule has 2 atom stereocenters.